The van der Waals surface area contributed by atoms with E-state index in [1.165, 1.54) is 57.8 Å². The van der Waals surface area contributed by atoms with E-state index in [4.69, 9.17) is 71.1 Å². The van der Waals surface area contributed by atoms with Gasteiger partial charge >= 0.3 is 0 Å². The molecule has 0 aliphatic rings. The van der Waals surface area contributed by atoms with Crippen molar-refractivity contribution in [3.8, 4) is 0 Å². The van der Waals surface area contributed by atoms with Crippen LogP contribution >= 0.6 is 0 Å². The van der Waals surface area contributed by atoms with Crippen LogP contribution in [0.15, 0.2) is 0 Å². The molecule has 0 radical (unpaired) electrons. The second-order valence-electron chi connectivity index (χ2n) is 7.20. The smallest absolute Gasteiger partial charge is 0.0697 e. The zero-order chi connectivity index (χ0) is 32.4. The molecular weight excluding hydrogens is 536 g/mol. The Balaban J connectivity index is -0.0000000742. The van der Waals surface area contributed by atoms with Gasteiger partial charge in [0.15, 0.2) is 0 Å². The van der Waals surface area contributed by atoms with Gasteiger partial charge in [-0.15, -0.1) is 0 Å². The fourth-order valence-electron chi connectivity index (χ4n) is 1.86. The number of hydrogen-bond acceptors (Lipinski definition) is 14. The van der Waals surface area contributed by atoms with Crippen LogP contribution in [0, 0.1) is 0 Å². The van der Waals surface area contributed by atoms with Gasteiger partial charge in [-0.25, -0.2) is 0 Å². The summed E-state index contributed by atoms with van der Waals surface area (Å²) in [5.74, 6) is 0. The molecule has 0 atom stereocenters. The second-order valence-corrected chi connectivity index (χ2v) is 7.20. The van der Waals surface area contributed by atoms with E-state index in [1.807, 2.05) is 0 Å². The summed E-state index contributed by atoms with van der Waals surface area (Å²) < 4.78 is 5.20. The molecule has 40 heavy (non-hydrogen) atoms. The largest absolute Gasteiger partial charge is 0.394 e. The molecule has 254 valence electrons. The molecule has 0 aromatic carbocycles. The molecule has 0 saturated carbocycles. The summed E-state index contributed by atoms with van der Waals surface area (Å²) in [6.07, 6.45) is 13.6. The van der Waals surface area contributed by atoms with Crippen molar-refractivity contribution in [3.05, 3.63) is 0 Å². The lowest BCUT2D eigenvalue weighted by molar-refractivity contribution is 0.0895. The average Bonchev–Trinajstić information content (AvgIpc) is 3.02. The van der Waals surface area contributed by atoms with Crippen molar-refractivity contribution in [2.45, 2.75) is 71.1 Å². The summed E-state index contributed by atoms with van der Waals surface area (Å²) in [7, 11) is 0. The van der Waals surface area contributed by atoms with E-state index in [2.05, 4.69) is 6.92 Å². The van der Waals surface area contributed by atoms with Crippen molar-refractivity contribution >= 4 is 0 Å². The van der Waals surface area contributed by atoms with Gasteiger partial charge in [0.2, 0.25) is 0 Å². The molecule has 0 heterocycles. The van der Waals surface area contributed by atoms with Crippen molar-refractivity contribution in [3.63, 3.8) is 0 Å². The maximum Gasteiger partial charge on any atom is 0.0697 e. The van der Waals surface area contributed by atoms with Gasteiger partial charge in [-0.3, -0.25) is 0 Å². The third kappa shape index (κ3) is 146. The highest BCUT2D eigenvalue weighted by atomic mass is 16.5. The number of rotatable bonds is 19. The minimum Gasteiger partial charge on any atom is -0.394 e. The second kappa shape index (κ2) is 83.3. The van der Waals surface area contributed by atoms with Crippen LogP contribution in [-0.4, -0.2) is 165 Å². The first-order chi connectivity index (χ1) is 19.4. The highest BCUT2D eigenvalue weighted by Gasteiger charge is 1.92. The molecular formula is C26H66O14. The number of unbranched alkanes of at least 4 members (excludes halogenated alkanes) is 9. The Morgan fingerprint density at radius 1 is 0.275 bits per heavy atom. The Kier molecular flexibility index (Phi) is 115. The van der Waals surface area contributed by atoms with E-state index in [1.54, 1.807) is 0 Å². The summed E-state index contributed by atoms with van der Waals surface area (Å²) >= 11 is 0. The fourth-order valence-corrected chi connectivity index (χ4v) is 1.86. The number of aliphatic hydroxyl groups excluding tert-OH is 13. The Hall–Kier alpha value is -0.560. The molecule has 0 saturated heterocycles. The molecule has 13 N–H and O–H groups in total. The van der Waals surface area contributed by atoms with E-state index in [9.17, 15) is 0 Å². The van der Waals surface area contributed by atoms with Crippen molar-refractivity contribution in [2.75, 3.05) is 99.1 Å². The van der Waals surface area contributed by atoms with Crippen LogP contribution in [0.4, 0.5) is 0 Å². The lowest BCUT2D eigenvalue weighted by Gasteiger charge is -2.03. The third-order valence-electron chi connectivity index (χ3n) is 3.48. The standard InChI is InChI=1S/C14H30O2.6C2H6O2/c1-2-3-4-5-6-7-8-9-10-11-13-16-14-12-15;6*3-1-2-4/h15H,2-14H2,1H3;6*3-4H,1-2H2. The summed E-state index contributed by atoms with van der Waals surface area (Å²) in [6, 6.07) is 0. The molecule has 0 aromatic rings. The number of hydrogen-bond donors (Lipinski definition) is 13. The molecule has 14 heteroatoms. The molecule has 0 bridgehead atoms. The molecule has 0 aliphatic carbocycles. The van der Waals surface area contributed by atoms with Crippen LogP contribution < -0.4 is 0 Å². The third-order valence-corrected chi connectivity index (χ3v) is 3.48. The first-order valence-corrected chi connectivity index (χ1v) is 13.9. The van der Waals surface area contributed by atoms with Gasteiger partial charge in [-0.1, -0.05) is 64.7 Å². The van der Waals surface area contributed by atoms with Gasteiger partial charge in [0.25, 0.3) is 0 Å². The molecule has 0 rings (SSSR count). The zero-order valence-corrected chi connectivity index (χ0v) is 24.9. The zero-order valence-electron chi connectivity index (χ0n) is 24.9. The Labute approximate surface area is 241 Å². The van der Waals surface area contributed by atoms with Crippen LogP contribution in [0.2, 0.25) is 0 Å². The summed E-state index contributed by atoms with van der Waals surface area (Å²) in [4.78, 5) is 0. The van der Waals surface area contributed by atoms with Crippen molar-refractivity contribution < 1.29 is 71.1 Å². The van der Waals surface area contributed by atoms with E-state index in [-0.39, 0.29) is 85.9 Å². The Morgan fingerprint density at radius 2 is 0.500 bits per heavy atom. The molecule has 0 amide bonds. The first kappa shape index (κ1) is 55.4. The van der Waals surface area contributed by atoms with Crippen LogP contribution in [-0.2, 0) is 4.74 Å². The maximum atomic E-state index is 8.50. The molecule has 0 fully saturated rings. The molecule has 0 aliphatic heterocycles. The van der Waals surface area contributed by atoms with E-state index in [0.717, 1.165) is 13.0 Å². The lowest BCUT2D eigenvalue weighted by atomic mass is 10.1. The van der Waals surface area contributed by atoms with Gasteiger partial charge in [0, 0.05) is 6.61 Å². The summed E-state index contributed by atoms with van der Waals surface area (Å²) in [5.41, 5.74) is 0. The van der Waals surface area contributed by atoms with E-state index < -0.39 is 0 Å². The van der Waals surface area contributed by atoms with Gasteiger partial charge in [0.1, 0.15) is 0 Å². The Bertz CT molecular complexity index is 225. The van der Waals surface area contributed by atoms with Crippen molar-refractivity contribution in [1.29, 1.82) is 0 Å². The molecule has 14 nitrogen and oxygen atoms in total. The normalized spacial score (nSPS) is 8.85. The number of ether oxygens (including phenoxy) is 1. The molecule has 0 aromatic heterocycles. The summed E-state index contributed by atoms with van der Waals surface area (Å²) in [6.45, 7) is 2.23. The highest BCUT2D eigenvalue weighted by Crippen LogP contribution is 2.10. The fraction of sp³-hybridized carbons (Fsp3) is 1.00. The average molecular weight is 603 g/mol. The van der Waals surface area contributed by atoms with Gasteiger partial charge in [-0.2, -0.15) is 0 Å². The summed E-state index contributed by atoms with van der Waals surface area (Å²) in [5, 5.41) is 100. The molecule has 0 spiro atoms. The van der Waals surface area contributed by atoms with Crippen molar-refractivity contribution in [2.24, 2.45) is 0 Å². The van der Waals surface area contributed by atoms with Crippen LogP contribution in [0.5, 0.6) is 0 Å². The molecule has 0 unspecified atom stereocenters. The lowest BCUT2D eigenvalue weighted by Crippen LogP contribution is -2.00. The highest BCUT2D eigenvalue weighted by molar-refractivity contribution is 4.47. The minimum atomic E-state index is -0.125. The van der Waals surface area contributed by atoms with E-state index in [0.29, 0.717) is 6.61 Å². The van der Waals surface area contributed by atoms with Crippen molar-refractivity contribution in [1.82, 2.24) is 0 Å². The first-order valence-electron chi connectivity index (χ1n) is 13.9. The van der Waals surface area contributed by atoms with Gasteiger partial charge < -0.3 is 71.1 Å². The predicted octanol–water partition coefficient (Wildman–Crippen LogP) is -2.26. The Morgan fingerprint density at radius 3 is 0.700 bits per heavy atom. The minimum absolute atomic E-state index is 0.125. The van der Waals surface area contributed by atoms with Gasteiger partial charge in [-0.05, 0) is 6.42 Å². The SMILES string of the molecule is CCCCCCCCCCCCOCCO.OCCO.OCCO.OCCO.OCCO.OCCO.OCCO. The monoisotopic (exact) mass is 602 g/mol. The van der Waals surface area contributed by atoms with Crippen LogP contribution in [0.1, 0.15) is 71.1 Å². The van der Waals surface area contributed by atoms with Crippen LogP contribution in [0.3, 0.4) is 0 Å². The van der Waals surface area contributed by atoms with Crippen LogP contribution in [0.25, 0.3) is 0 Å². The topological polar surface area (TPSA) is 272 Å². The van der Waals surface area contributed by atoms with Gasteiger partial charge in [0.05, 0.1) is 92.5 Å². The maximum absolute atomic E-state index is 8.50. The predicted molar refractivity (Wildman–Crippen MR) is 155 cm³/mol. The van der Waals surface area contributed by atoms with E-state index >= 15 is 0 Å². The number of aliphatic hydroxyl groups is 13. The quantitative estimate of drug-likeness (QED) is 0.0696.